The molecule has 2 unspecified atom stereocenters. The SMILES string of the molecule is CCC(C)(C)OC(=O)C1C=CC=C(C)C1(O)C(=O)C(C)C. The van der Waals surface area contributed by atoms with Gasteiger partial charge < -0.3 is 9.84 Å². The molecule has 1 aliphatic rings. The van der Waals surface area contributed by atoms with E-state index in [2.05, 4.69) is 0 Å². The fourth-order valence-electron chi connectivity index (χ4n) is 2.27. The highest BCUT2D eigenvalue weighted by atomic mass is 16.6. The summed E-state index contributed by atoms with van der Waals surface area (Å²) in [4.78, 5) is 24.9. The molecule has 0 saturated carbocycles. The number of Topliss-reactive ketones (excluding diaryl/α,β-unsaturated/α-hetero) is 1. The Morgan fingerprint density at radius 1 is 1.43 bits per heavy atom. The molecule has 1 N–H and O–H groups in total. The predicted octanol–water partition coefficient (Wildman–Crippen LogP) is 2.81. The first-order valence-corrected chi connectivity index (χ1v) is 7.41. The molecule has 118 valence electrons. The van der Waals surface area contributed by atoms with Crippen LogP contribution in [0, 0.1) is 11.8 Å². The third kappa shape index (κ3) is 3.43. The minimum absolute atomic E-state index is 0.364. The van der Waals surface area contributed by atoms with Gasteiger partial charge in [-0.1, -0.05) is 39.0 Å². The van der Waals surface area contributed by atoms with Crippen molar-refractivity contribution >= 4 is 11.8 Å². The maximum Gasteiger partial charge on any atom is 0.317 e. The van der Waals surface area contributed by atoms with E-state index in [4.69, 9.17) is 4.74 Å². The van der Waals surface area contributed by atoms with Crippen molar-refractivity contribution in [1.29, 1.82) is 0 Å². The van der Waals surface area contributed by atoms with Crippen LogP contribution in [0.5, 0.6) is 0 Å². The van der Waals surface area contributed by atoms with Crippen LogP contribution in [-0.2, 0) is 14.3 Å². The van der Waals surface area contributed by atoms with Gasteiger partial charge in [-0.15, -0.1) is 0 Å². The van der Waals surface area contributed by atoms with E-state index >= 15 is 0 Å². The summed E-state index contributed by atoms with van der Waals surface area (Å²) < 4.78 is 5.47. The summed E-state index contributed by atoms with van der Waals surface area (Å²) in [5.74, 6) is -2.30. The number of ether oxygens (including phenoxy) is 1. The highest BCUT2D eigenvalue weighted by Crippen LogP contribution is 2.35. The Morgan fingerprint density at radius 3 is 2.48 bits per heavy atom. The first-order chi connectivity index (χ1) is 9.56. The number of carbonyl (C=O) groups excluding carboxylic acids is 2. The van der Waals surface area contributed by atoms with E-state index in [9.17, 15) is 14.7 Å². The summed E-state index contributed by atoms with van der Waals surface area (Å²) in [7, 11) is 0. The minimum Gasteiger partial charge on any atom is -0.459 e. The normalized spacial score (nSPS) is 25.7. The van der Waals surface area contributed by atoms with Gasteiger partial charge in [0.2, 0.25) is 0 Å². The zero-order valence-corrected chi connectivity index (χ0v) is 13.8. The molecule has 0 aliphatic heterocycles. The fraction of sp³-hybridized carbons (Fsp3) is 0.647. The van der Waals surface area contributed by atoms with Gasteiger partial charge in [-0.25, -0.2) is 0 Å². The highest BCUT2D eigenvalue weighted by molar-refractivity contribution is 5.98. The molecule has 0 spiro atoms. The molecule has 0 amide bonds. The molecule has 0 saturated heterocycles. The quantitative estimate of drug-likeness (QED) is 0.792. The van der Waals surface area contributed by atoms with Crippen LogP contribution in [0.15, 0.2) is 23.8 Å². The Morgan fingerprint density at radius 2 is 2.00 bits per heavy atom. The first kappa shape index (κ1) is 17.6. The van der Waals surface area contributed by atoms with Crippen molar-refractivity contribution < 1.29 is 19.4 Å². The molecule has 0 bridgehead atoms. The van der Waals surface area contributed by atoms with Crippen LogP contribution in [0.1, 0.15) is 48.0 Å². The lowest BCUT2D eigenvalue weighted by Gasteiger charge is -2.37. The molecule has 0 heterocycles. The Hall–Kier alpha value is -1.42. The topological polar surface area (TPSA) is 63.6 Å². The van der Waals surface area contributed by atoms with E-state index in [0.29, 0.717) is 12.0 Å². The molecule has 4 nitrogen and oxygen atoms in total. The number of esters is 1. The monoisotopic (exact) mass is 294 g/mol. The van der Waals surface area contributed by atoms with Gasteiger partial charge in [0, 0.05) is 5.92 Å². The second kappa shape index (κ2) is 6.14. The Balaban J connectivity index is 3.15. The van der Waals surface area contributed by atoms with E-state index in [1.165, 1.54) is 0 Å². The lowest BCUT2D eigenvalue weighted by Crippen LogP contribution is -2.53. The molecule has 0 aromatic heterocycles. The fourth-order valence-corrected chi connectivity index (χ4v) is 2.27. The van der Waals surface area contributed by atoms with Gasteiger partial charge in [0.25, 0.3) is 0 Å². The minimum atomic E-state index is -1.82. The van der Waals surface area contributed by atoms with E-state index in [1.807, 2.05) is 20.8 Å². The van der Waals surface area contributed by atoms with E-state index in [0.717, 1.165) is 0 Å². The molecule has 0 fully saturated rings. The number of carbonyl (C=O) groups is 2. The van der Waals surface area contributed by atoms with Gasteiger partial charge in [0.1, 0.15) is 11.5 Å². The Bertz CT molecular complexity index is 485. The number of allylic oxidation sites excluding steroid dienone is 2. The second-order valence-electron chi connectivity index (χ2n) is 6.53. The van der Waals surface area contributed by atoms with Crippen LogP contribution in [0.2, 0.25) is 0 Å². The van der Waals surface area contributed by atoms with Crippen molar-refractivity contribution in [2.24, 2.45) is 11.8 Å². The molecule has 0 aromatic carbocycles. The van der Waals surface area contributed by atoms with Crippen LogP contribution >= 0.6 is 0 Å². The Labute approximate surface area is 126 Å². The maximum atomic E-state index is 12.4. The predicted molar refractivity (Wildman–Crippen MR) is 81.6 cm³/mol. The number of hydrogen-bond acceptors (Lipinski definition) is 4. The number of hydrogen-bond donors (Lipinski definition) is 1. The van der Waals surface area contributed by atoms with Crippen LogP contribution in [0.25, 0.3) is 0 Å². The maximum absolute atomic E-state index is 12.4. The Kier molecular flexibility index (Phi) is 5.16. The first-order valence-electron chi connectivity index (χ1n) is 7.41. The van der Waals surface area contributed by atoms with Crippen molar-refractivity contribution in [3.05, 3.63) is 23.8 Å². The summed E-state index contributed by atoms with van der Waals surface area (Å²) in [6, 6.07) is 0. The smallest absolute Gasteiger partial charge is 0.317 e. The summed E-state index contributed by atoms with van der Waals surface area (Å²) in [6.45, 7) is 10.6. The lowest BCUT2D eigenvalue weighted by atomic mass is 9.72. The van der Waals surface area contributed by atoms with Gasteiger partial charge >= 0.3 is 5.97 Å². The highest BCUT2D eigenvalue weighted by Gasteiger charge is 2.50. The van der Waals surface area contributed by atoms with Gasteiger partial charge in [-0.3, -0.25) is 9.59 Å². The zero-order valence-electron chi connectivity index (χ0n) is 13.8. The zero-order chi connectivity index (χ0) is 16.4. The molecule has 2 atom stereocenters. The van der Waals surface area contributed by atoms with Crippen molar-refractivity contribution in [2.45, 2.75) is 59.2 Å². The van der Waals surface area contributed by atoms with Gasteiger partial charge in [0.05, 0.1) is 0 Å². The van der Waals surface area contributed by atoms with Gasteiger partial charge in [-0.05, 0) is 32.8 Å². The standard InChI is InChI=1S/C17H26O4/c1-7-16(5,6)21-15(19)13-10-8-9-12(4)17(13,20)14(18)11(2)3/h8-11,13,20H,7H2,1-6H3. The molecule has 0 radical (unpaired) electrons. The van der Waals surface area contributed by atoms with Crippen molar-refractivity contribution in [3.8, 4) is 0 Å². The van der Waals surface area contributed by atoms with Gasteiger partial charge in [0.15, 0.2) is 11.4 Å². The summed E-state index contributed by atoms with van der Waals surface area (Å²) in [5, 5.41) is 10.9. The van der Waals surface area contributed by atoms with E-state index in [1.54, 1.807) is 39.0 Å². The summed E-state index contributed by atoms with van der Waals surface area (Å²) in [5.41, 5.74) is -1.97. The average molecular weight is 294 g/mol. The average Bonchev–Trinajstić information content (AvgIpc) is 2.40. The molecular weight excluding hydrogens is 268 g/mol. The van der Waals surface area contributed by atoms with Crippen LogP contribution in [-0.4, -0.2) is 28.1 Å². The van der Waals surface area contributed by atoms with Crippen molar-refractivity contribution in [3.63, 3.8) is 0 Å². The molecule has 4 heteroatoms. The summed E-state index contributed by atoms with van der Waals surface area (Å²) >= 11 is 0. The third-order valence-electron chi connectivity index (χ3n) is 4.08. The number of rotatable bonds is 5. The van der Waals surface area contributed by atoms with Crippen molar-refractivity contribution in [1.82, 2.24) is 0 Å². The molecular formula is C17H26O4. The number of aliphatic hydroxyl groups is 1. The lowest BCUT2D eigenvalue weighted by molar-refractivity contribution is -0.170. The third-order valence-corrected chi connectivity index (χ3v) is 4.08. The molecule has 1 rings (SSSR count). The van der Waals surface area contributed by atoms with Crippen LogP contribution in [0.3, 0.4) is 0 Å². The van der Waals surface area contributed by atoms with Crippen LogP contribution < -0.4 is 0 Å². The molecule has 1 aliphatic carbocycles. The van der Waals surface area contributed by atoms with Gasteiger partial charge in [-0.2, -0.15) is 0 Å². The summed E-state index contributed by atoms with van der Waals surface area (Å²) in [6.07, 6.45) is 5.54. The number of ketones is 1. The van der Waals surface area contributed by atoms with E-state index < -0.39 is 23.1 Å². The van der Waals surface area contributed by atoms with Crippen LogP contribution in [0.4, 0.5) is 0 Å². The molecule has 0 aromatic rings. The molecule has 21 heavy (non-hydrogen) atoms. The van der Waals surface area contributed by atoms with E-state index in [-0.39, 0.29) is 11.7 Å². The second-order valence-corrected chi connectivity index (χ2v) is 6.53. The largest absolute Gasteiger partial charge is 0.459 e. The van der Waals surface area contributed by atoms with Crippen molar-refractivity contribution in [2.75, 3.05) is 0 Å².